The van der Waals surface area contributed by atoms with Crippen molar-refractivity contribution in [1.29, 1.82) is 0 Å². The Morgan fingerprint density at radius 1 is 1.35 bits per heavy atom. The smallest absolute Gasteiger partial charge is 0.163 e. The highest BCUT2D eigenvalue weighted by Crippen LogP contribution is 2.42. The predicted octanol–water partition coefficient (Wildman–Crippen LogP) is 5.33. The number of allylic oxidation sites excluding steroid dienone is 3. The second-order valence-corrected chi connectivity index (χ2v) is 8.27. The van der Waals surface area contributed by atoms with E-state index >= 15 is 0 Å². The summed E-state index contributed by atoms with van der Waals surface area (Å²) in [5.41, 5.74) is 8.94. The van der Waals surface area contributed by atoms with Crippen molar-refractivity contribution in [3.05, 3.63) is 57.6 Å². The standard InChI is InChI=1S/C25H29ClN4O/c1-5-7-14-29(15-8-6-2)25-20-10-9-11-22(20)27-24-23(17(3)28-30(24)25)19-13-12-18(31-4)16-21(19)26/h11-13,16,28H,5,7,9-10,14-15H2,1-4H3. The van der Waals surface area contributed by atoms with Crippen molar-refractivity contribution >= 4 is 23.0 Å². The molecule has 5 nitrogen and oxygen atoms in total. The normalized spacial score (nSPS) is 16.9. The fourth-order valence-electron chi connectivity index (χ4n) is 4.27. The first-order chi connectivity index (χ1) is 15.1. The van der Waals surface area contributed by atoms with E-state index < -0.39 is 0 Å². The Morgan fingerprint density at radius 2 is 2.19 bits per heavy atom. The van der Waals surface area contributed by atoms with E-state index in [1.807, 2.05) is 25.1 Å². The van der Waals surface area contributed by atoms with Gasteiger partial charge in [-0.15, -0.1) is 5.92 Å². The van der Waals surface area contributed by atoms with Gasteiger partial charge in [-0.25, -0.2) is 10.0 Å². The number of amidine groups is 1. The van der Waals surface area contributed by atoms with Crippen LogP contribution in [0.3, 0.4) is 0 Å². The lowest BCUT2D eigenvalue weighted by molar-refractivity contribution is 0.255. The molecule has 1 aromatic rings. The molecular weight excluding hydrogens is 408 g/mol. The van der Waals surface area contributed by atoms with Gasteiger partial charge >= 0.3 is 0 Å². The van der Waals surface area contributed by atoms with E-state index in [1.165, 1.54) is 11.4 Å². The minimum atomic E-state index is 0.650. The number of hydrogen-bond acceptors (Lipinski definition) is 5. The number of halogens is 1. The van der Waals surface area contributed by atoms with Gasteiger partial charge in [-0.3, -0.25) is 5.43 Å². The molecule has 162 valence electrons. The highest BCUT2D eigenvalue weighted by Gasteiger charge is 2.38. The molecule has 31 heavy (non-hydrogen) atoms. The Hall–Kier alpha value is -2.84. The molecule has 1 N–H and O–H groups in total. The molecule has 0 unspecified atom stereocenters. The van der Waals surface area contributed by atoms with Crippen molar-refractivity contribution in [2.24, 2.45) is 4.99 Å². The summed E-state index contributed by atoms with van der Waals surface area (Å²) >= 11 is 6.66. The first-order valence-corrected chi connectivity index (χ1v) is 11.3. The summed E-state index contributed by atoms with van der Waals surface area (Å²) in [4.78, 5) is 7.45. The number of hydrazine groups is 1. The molecule has 0 saturated carbocycles. The molecule has 2 heterocycles. The van der Waals surface area contributed by atoms with Crippen molar-refractivity contribution in [3.63, 3.8) is 0 Å². The summed E-state index contributed by atoms with van der Waals surface area (Å²) in [6.45, 7) is 7.85. The number of fused-ring (bicyclic) bond motifs is 2. The predicted molar refractivity (Wildman–Crippen MR) is 127 cm³/mol. The average Bonchev–Trinajstić information content (AvgIpc) is 3.36. The first-order valence-electron chi connectivity index (χ1n) is 10.9. The van der Waals surface area contributed by atoms with Crippen LogP contribution in [0.4, 0.5) is 0 Å². The van der Waals surface area contributed by atoms with Gasteiger partial charge in [-0.1, -0.05) is 36.9 Å². The maximum atomic E-state index is 6.66. The number of nitrogens with one attached hydrogen (secondary N) is 1. The average molecular weight is 437 g/mol. The molecule has 2 aliphatic heterocycles. The van der Waals surface area contributed by atoms with Crippen LogP contribution in [0.1, 0.15) is 52.0 Å². The molecule has 0 fully saturated rings. The molecule has 4 rings (SSSR count). The third-order valence-electron chi connectivity index (χ3n) is 5.81. The van der Waals surface area contributed by atoms with E-state index in [9.17, 15) is 0 Å². The molecule has 0 atom stereocenters. The number of nitrogens with zero attached hydrogens (tertiary/aromatic N) is 3. The second kappa shape index (κ2) is 9.11. The molecule has 0 spiro atoms. The topological polar surface area (TPSA) is 40.1 Å². The van der Waals surface area contributed by atoms with E-state index in [1.54, 1.807) is 7.11 Å². The number of hydrogen-bond donors (Lipinski definition) is 1. The fourth-order valence-corrected chi connectivity index (χ4v) is 4.54. The minimum absolute atomic E-state index is 0.650. The van der Waals surface area contributed by atoms with Crippen molar-refractivity contribution in [2.75, 3.05) is 20.2 Å². The third-order valence-corrected chi connectivity index (χ3v) is 6.13. The summed E-state index contributed by atoms with van der Waals surface area (Å²) in [6, 6.07) is 5.80. The summed E-state index contributed by atoms with van der Waals surface area (Å²) in [5.74, 6) is 9.13. The lowest BCUT2D eigenvalue weighted by Crippen LogP contribution is -2.45. The highest BCUT2D eigenvalue weighted by atomic mass is 35.5. The first kappa shape index (κ1) is 21.4. The zero-order valence-corrected chi connectivity index (χ0v) is 19.4. The number of benzene rings is 1. The summed E-state index contributed by atoms with van der Waals surface area (Å²) in [6.07, 6.45) is 6.51. The van der Waals surface area contributed by atoms with Gasteiger partial charge in [0.15, 0.2) is 5.84 Å². The molecule has 0 bridgehead atoms. The monoisotopic (exact) mass is 436 g/mol. The van der Waals surface area contributed by atoms with E-state index in [4.69, 9.17) is 21.3 Å². The Morgan fingerprint density at radius 3 is 2.90 bits per heavy atom. The fraction of sp³-hybridized carbons (Fsp3) is 0.400. The Kier molecular flexibility index (Phi) is 6.29. The zero-order valence-electron chi connectivity index (χ0n) is 18.7. The number of rotatable bonds is 7. The molecule has 0 radical (unpaired) electrons. The van der Waals surface area contributed by atoms with Crippen LogP contribution in [0, 0.1) is 11.8 Å². The molecule has 0 aromatic heterocycles. The van der Waals surface area contributed by atoms with Crippen LogP contribution in [0.5, 0.6) is 5.75 Å². The van der Waals surface area contributed by atoms with Crippen molar-refractivity contribution in [1.82, 2.24) is 15.3 Å². The lowest BCUT2D eigenvalue weighted by Gasteiger charge is -2.37. The van der Waals surface area contributed by atoms with E-state index in [0.29, 0.717) is 11.6 Å². The van der Waals surface area contributed by atoms with Crippen LogP contribution in [0.2, 0.25) is 5.02 Å². The van der Waals surface area contributed by atoms with Crippen LogP contribution in [-0.4, -0.2) is 35.9 Å². The van der Waals surface area contributed by atoms with Gasteiger partial charge in [0.05, 0.1) is 24.4 Å². The number of aliphatic imine (C=N–C) groups is 1. The number of methoxy groups -OCH3 is 1. The van der Waals surface area contributed by atoms with Crippen LogP contribution >= 0.6 is 11.6 Å². The maximum Gasteiger partial charge on any atom is 0.163 e. The van der Waals surface area contributed by atoms with Gasteiger partial charge in [0, 0.05) is 29.0 Å². The zero-order chi connectivity index (χ0) is 22.0. The van der Waals surface area contributed by atoms with Crippen molar-refractivity contribution < 1.29 is 4.74 Å². The quantitative estimate of drug-likeness (QED) is 0.586. The summed E-state index contributed by atoms with van der Waals surface area (Å²) < 4.78 is 5.33. The highest BCUT2D eigenvalue weighted by molar-refractivity contribution is 6.36. The Labute approximate surface area is 190 Å². The molecule has 6 heteroatoms. The SMILES string of the molecule is CC#CCN(CCCC)C1=C2CCC=C2N=C2C(c3ccc(OC)cc3Cl)=C(C)NN21. The van der Waals surface area contributed by atoms with Crippen LogP contribution in [0.25, 0.3) is 5.57 Å². The van der Waals surface area contributed by atoms with Gasteiger partial charge in [0.1, 0.15) is 11.6 Å². The van der Waals surface area contributed by atoms with Crippen LogP contribution < -0.4 is 10.2 Å². The van der Waals surface area contributed by atoms with E-state index in [2.05, 4.69) is 47.1 Å². The third kappa shape index (κ3) is 3.93. The van der Waals surface area contributed by atoms with E-state index in [-0.39, 0.29) is 0 Å². The van der Waals surface area contributed by atoms with E-state index in [0.717, 1.165) is 66.3 Å². The molecule has 3 aliphatic rings. The number of unbranched alkanes of at least 4 members (excludes halogenated alkanes) is 1. The number of ether oxygens (including phenoxy) is 1. The summed E-state index contributed by atoms with van der Waals surface area (Å²) in [7, 11) is 1.65. The van der Waals surface area contributed by atoms with Crippen LogP contribution in [0.15, 0.2) is 52.1 Å². The minimum Gasteiger partial charge on any atom is -0.497 e. The second-order valence-electron chi connectivity index (χ2n) is 7.86. The molecule has 0 saturated heterocycles. The molecular formula is C25H29ClN4O. The van der Waals surface area contributed by atoms with Crippen LogP contribution in [-0.2, 0) is 0 Å². The Bertz CT molecular complexity index is 1070. The van der Waals surface area contributed by atoms with Gasteiger partial charge in [-0.2, -0.15) is 0 Å². The molecule has 1 aromatic carbocycles. The van der Waals surface area contributed by atoms with Crippen molar-refractivity contribution in [2.45, 2.75) is 46.5 Å². The van der Waals surface area contributed by atoms with Gasteiger partial charge in [0.25, 0.3) is 0 Å². The Balaban J connectivity index is 1.77. The lowest BCUT2D eigenvalue weighted by atomic mass is 10.0. The van der Waals surface area contributed by atoms with Gasteiger partial charge in [0.2, 0.25) is 0 Å². The van der Waals surface area contributed by atoms with Crippen molar-refractivity contribution in [3.8, 4) is 17.6 Å². The largest absolute Gasteiger partial charge is 0.497 e. The maximum absolute atomic E-state index is 6.66. The molecule has 0 amide bonds. The molecule has 1 aliphatic carbocycles. The summed E-state index contributed by atoms with van der Waals surface area (Å²) in [5, 5.41) is 2.78. The van der Waals surface area contributed by atoms with Gasteiger partial charge in [-0.05, 0) is 51.3 Å². The van der Waals surface area contributed by atoms with Gasteiger partial charge < -0.3 is 9.64 Å².